The van der Waals surface area contributed by atoms with Crippen molar-refractivity contribution >= 4 is 17.7 Å². The van der Waals surface area contributed by atoms with Crippen LogP contribution in [0.5, 0.6) is 0 Å². The van der Waals surface area contributed by atoms with Gasteiger partial charge in [0.15, 0.2) is 0 Å². The van der Waals surface area contributed by atoms with Crippen molar-refractivity contribution in [3.8, 4) is 0 Å². The molecular formula is C13H13N3O3. The largest absolute Gasteiger partial charge is 0.343 e. The van der Waals surface area contributed by atoms with E-state index in [0.717, 1.165) is 0 Å². The Morgan fingerprint density at radius 3 is 2.63 bits per heavy atom. The average molecular weight is 259 g/mol. The van der Waals surface area contributed by atoms with Crippen LogP contribution in [0.25, 0.3) is 0 Å². The van der Waals surface area contributed by atoms with E-state index in [1.807, 2.05) is 6.07 Å². The molecule has 19 heavy (non-hydrogen) atoms. The van der Waals surface area contributed by atoms with Crippen molar-refractivity contribution in [3.05, 3.63) is 47.7 Å². The zero-order valence-corrected chi connectivity index (χ0v) is 10.3. The van der Waals surface area contributed by atoms with Crippen LogP contribution in [0.15, 0.2) is 40.9 Å². The molecule has 0 saturated carbocycles. The fourth-order valence-electron chi connectivity index (χ4n) is 1.46. The van der Waals surface area contributed by atoms with Crippen LogP contribution in [0.4, 0.5) is 5.88 Å². The van der Waals surface area contributed by atoms with Crippen LogP contribution < -0.4 is 10.6 Å². The maximum atomic E-state index is 11.7. The second-order valence-electron chi connectivity index (χ2n) is 3.93. The molecule has 0 unspecified atom stereocenters. The van der Waals surface area contributed by atoms with Crippen molar-refractivity contribution < 1.29 is 14.1 Å². The van der Waals surface area contributed by atoms with Gasteiger partial charge in [-0.05, 0) is 19.1 Å². The summed E-state index contributed by atoms with van der Waals surface area (Å²) in [5, 5.41) is 8.63. The topological polar surface area (TPSA) is 84.2 Å². The molecule has 0 aliphatic rings. The molecule has 0 aliphatic heterocycles. The number of hydrogen-bond acceptors (Lipinski definition) is 4. The highest BCUT2D eigenvalue weighted by atomic mass is 16.5. The highest BCUT2D eigenvalue weighted by molar-refractivity contribution is 5.98. The molecule has 6 heteroatoms. The summed E-state index contributed by atoms with van der Waals surface area (Å²) in [6.07, 6.45) is 0. The second kappa shape index (κ2) is 5.81. The van der Waals surface area contributed by atoms with Gasteiger partial charge in [-0.15, -0.1) is 0 Å². The molecule has 0 aliphatic carbocycles. The molecule has 1 heterocycles. The summed E-state index contributed by atoms with van der Waals surface area (Å²) in [5.74, 6) is -0.415. The summed E-state index contributed by atoms with van der Waals surface area (Å²) >= 11 is 0. The van der Waals surface area contributed by atoms with Crippen LogP contribution in [-0.2, 0) is 4.79 Å². The molecule has 0 spiro atoms. The lowest BCUT2D eigenvalue weighted by Crippen LogP contribution is -2.32. The number of amides is 2. The molecule has 98 valence electrons. The predicted octanol–water partition coefficient (Wildman–Crippen LogP) is 1.35. The van der Waals surface area contributed by atoms with Crippen LogP contribution >= 0.6 is 0 Å². The first-order valence-electron chi connectivity index (χ1n) is 5.71. The number of carbonyl (C=O) groups is 2. The lowest BCUT2D eigenvalue weighted by molar-refractivity contribution is -0.115. The predicted molar refractivity (Wildman–Crippen MR) is 68.6 cm³/mol. The number of aromatic nitrogens is 1. The summed E-state index contributed by atoms with van der Waals surface area (Å²) in [5.41, 5.74) is 1.18. The minimum Gasteiger partial charge on any atom is -0.343 e. The summed E-state index contributed by atoms with van der Waals surface area (Å²) in [4.78, 5) is 23.2. The maximum absolute atomic E-state index is 11.7. The van der Waals surface area contributed by atoms with Crippen molar-refractivity contribution in [2.45, 2.75) is 6.92 Å². The van der Waals surface area contributed by atoms with E-state index < -0.39 is 0 Å². The molecule has 0 fully saturated rings. The van der Waals surface area contributed by atoms with Gasteiger partial charge in [0.1, 0.15) is 0 Å². The molecule has 1 aromatic heterocycles. The third-order valence-electron chi connectivity index (χ3n) is 2.34. The molecule has 0 radical (unpaired) electrons. The van der Waals surface area contributed by atoms with Crippen LogP contribution in [-0.4, -0.2) is 23.5 Å². The Morgan fingerprint density at radius 1 is 1.26 bits per heavy atom. The van der Waals surface area contributed by atoms with Crippen LogP contribution in [0, 0.1) is 6.92 Å². The number of anilines is 1. The number of nitrogens with one attached hydrogen (secondary N) is 2. The van der Waals surface area contributed by atoms with E-state index in [-0.39, 0.29) is 24.2 Å². The van der Waals surface area contributed by atoms with Crippen LogP contribution in [0.3, 0.4) is 0 Å². The minimum absolute atomic E-state index is 0.131. The molecular weight excluding hydrogens is 246 g/mol. The fraction of sp³-hybridized carbons (Fsp3) is 0.154. The molecule has 6 nitrogen and oxygen atoms in total. The van der Waals surface area contributed by atoms with E-state index in [2.05, 4.69) is 15.8 Å². The van der Waals surface area contributed by atoms with Gasteiger partial charge in [0, 0.05) is 11.6 Å². The number of benzene rings is 1. The summed E-state index contributed by atoms with van der Waals surface area (Å²) in [7, 11) is 0. The highest BCUT2D eigenvalue weighted by Gasteiger charge is 2.09. The normalized spacial score (nSPS) is 9.95. The van der Waals surface area contributed by atoms with E-state index in [0.29, 0.717) is 11.3 Å². The lowest BCUT2D eigenvalue weighted by atomic mass is 10.2. The standard InChI is InChI=1S/C13H13N3O3/c1-9-7-12(19-16-9)15-11(17)8-14-13(18)10-5-3-2-4-6-10/h2-7H,8H2,1H3,(H,14,18)(H,15,17). The molecule has 0 saturated heterocycles. The molecule has 2 aromatic rings. The Balaban J connectivity index is 1.82. The highest BCUT2D eigenvalue weighted by Crippen LogP contribution is 2.07. The van der Waals surface area contributed by atoms with Gasteiger partial charge in [0.2, 0.25) is 11.8 Å². The zero-order chi connectivity index (χ0) is 13.7. The number of nitrogens with zero attached hydrogens (tertiary/aromatic N) is 1. The Morgan fingerprint density at radius 2 is 2.00 bits per heavy atom. The quantitative estimate of drug-likeness (QED) is 0.868. The van der Waals surface area contributed by atoms with Gasteiger partial charge in [-0.2, -0.15) is 0 Å². The Hall–Kier alpha value is -2.63. The Bertz CT molecular complexity index is 578. The van der Waals surface area contributed by atoms with E-state index in [9.17, 15) is 9.59 Å². The van der Waals surface area contributed by atoms with Crippen molar-refractivity contribution in [1.29, 1.82) is 0 Å². The van der Waals surface area contributed by atoms with Gasteiger partial charge in [-0.3, -0.25) is 14.9 Å². The van der Waals surface area contributed by atoms with Gasteiger partial charge >= 0.3 is 0 Å². The van der Waals surface area contributed by atoms with E-state index in [1.165, 1.54) is 0 Å². The van der Waals surface area contributed by atoms with Crippen molar-refractivity contribution in [1.82, 2.24) is 10.5 Å². The van der Waals surface area contributed by atoms with Gasteiger partial charge < -0.3 is 9.84 Å². The van der Waals surface area contributed by atoms with Crippen LogP contribution in [0.2, 0.25) is 0 Å². The van der Waals surface area contributed by atoms with Crippen molar-refractivity contribution in [3.63, 3.8) is 0 Å². The first kappa shape index (κ1) is 12.8. The molecule has 2 N–H and O–H groups in total. The summed E-state index contributed by atoms with van der Waals surface area (Å²) in [6, 6.07) is 10.3. The van der Waals surface area contributed by atoms with E-state index in [1.54, 1.807) is 37.3 Å². The maximum Gasteiger partial charge on any atom is 0.251 e. The molecule has 0 atom stereocenters. The SMILES string of the molecule is Cc1cc(NC(=O)CNC(=O)c2ccccc2)on1. The fourth-order valence-corrected chi connectivity index (χ4v) is 1.46. The average Bonchev–Trinajstić information content (AvgIpc) is 2.82. The number of aryl methyl sites for hydroxylation is 1. The molecule has 0 bridgehead atoms. The van der Waals surface area contributed by atoms with E-state index >= 15 is 0 Å². The molecule has 2 rings (SSSR count). The monoisotopic (exact) mass is 259 g/mol. The van der Waals surface area contributed by atoms with Gasteiger partial charge in [0.05, 0.1) is 12.2 Å². The van der Waals surface area contributed by atoms with Gasteiger partial charge in [-0.1, -0.05) is 23.4 Å². The van der Waals surface area contributed by atoms with Crippen LogP contribution in [0.1, 0.15) is 16.1 Å². The van der Waals surface area contributed by atoms with Gasteiger partial charge in [-0.25, -0.2) is 0 Å². The number of carbonyl (C=O) groups excluding carboxylic acids is 2. The lowest BCUT2D eigenvalue weighted by Gasteiger charge is -2.04. The summed E-state index contributed by atoms with van der Waals surface area (Å²) in [6.45, 7) is 1.61. The zero-order valence-electron chi connectivity index (χ0n) is 10.3. The van der Waals surface area contributed by atoms with Crippen molar-refractivity contribution in [2.75, 3.05) is 11.9 Å². The van der Waals surface area contributed by atoms with Crippen molar-refractivity contribution in [2.24, 2.45) is 0 Å². The third kappa shape index (κ3) is 3.67. The first-order chi connectivity index (χ1) is 9.15. The molecule has 1 aromatic carbocycles. The second-order valence-corrected chi connectivity index (χ2v) is 3.93. The molecule has 2 amide bonds. The smallest absolute Gasteiger partial charge is 0.251 e. The van der Waals surface area contributed by atoms with E-state index in [4.69, 9.17) is 4.52 Å². The Kier molecular flexibility index (Phi) is 3.92. The number of rotatable bonds is 4. The Labute approximate surface area is 109 Å². The first-order valence-corrected chi connectivity index (χ1v) is 5.71. The number of hydrogen-bond donors (Lipinski definition) is 2. The third-order valence-corrected chi connectivity index (χ3v) is 2.34. The summed E-state index contributed by atoms with van der Waals surface area (Å²) < 4.78 is 4.83. The van der Waals surface area contributed by atoms with Gasteiger partial charge in [0.25, 0.3) is 5.91 Å². The minimum atomic E-state index is -0.375.